The molecule has 16 heavy (non-hydrogen) atoms. The van der Waals surface area contributed by atoms with Crippen molar-refractivity contribution in [1.82, 2.24) is 0 Å². The van der Waals surface area contributed by atoms with E-state index in [0.29, 0.717) is 5.56 Å². The summed E-state index contributed by atoms with van der Waals surface area (Å²) in [6.45, 7) is 2.69. The third-order valence-corrected chi connectivity index (χ3v) is 2.25. The molecule has 1 unspecified atom stereocenters. The van der Waals surface area contributed by atoms with Crippen molar-refractivity contribution in [3.63, 3.8) is 0 Å². The van der Waals surface area contributed by atoms with Crippen LogP contribution in [0.3, 0.4) is 0 Å². The van der Waals surface area contributed by atoms with Crippen molar-refractivity contribution in [2.24, 2.45) is 5.73 Å². The van der Waals surface area contributed by atoms with E-state index in [1.54, 1.807) is 6.07 Å². The number of nitrogens with one attached hydrogen (secondary N) is 1. The van der Waals surface area contributed by atoms with Gasteiger partial charge in [0.25, 0.3) is 0 Å². The quantitative estimate of drug-likeness (QED) is 0.743. The van der Waals surface area contributed by atoms with Gasteiger partial charge >= 0.3 is 5.97 Å². The number of benzene rings is 1. The Hall–Kier alpha value is -1.55. The van der Waals surface area contributed by atoms with E-state index in [0.717, 1.165) is 18.7 Å². The van der Waals surface area contributed by atoms with Crippen molar-refractivity contribution >= 4 is 11.7 Å². The van der Waals surface area contributed by atoms with Crippen LogP contribution in [-0.2, 0) is 4.74 Å². The molecule has 1 aromatic rings. The maximum absolute atomic E-state index is 11.4. The summed E-state index contributed by atoms with van der Waals surface area (Å²) in [5.41, 5.74) is 6.99. The zero-order chi connectivity index (χ0) is 12.0. The molecule has 0 amide bonds. The second-order valence-electron chi connectivity index (χ2n) is 3.73. The molecule has 0 aromatic heterocycles. The number of ether oxygens (including phenoxy) is 1. The van der Waals surface area contributed by atoms with E-state index in [2.05, 4.69) is 5.32 Å². The van der Waals surface area contributed by atoms with Gasteiger partial charge in [-0.25, -0.2) is 4.79 Å². The molecule has 0 aliphatic rings. The minimum absolute atomic E-state index is 0.151. The van der Waals surface area contributed by atoms with E-state index in [-0.39, 0.29) is 12.0 Å². The number of anilines is 1. The van der Waals surface area contributed by atoms with Crippen molar-refractivity contribution in [3.8, 4) is 0 Å². The monoisotopic (exact) mass is 222 g/mol. The minimum atomic E-state index is -0.330. The average Bonchev–Trinajstić information content (AvgIpc) is 2.28. The van der Waals surface area contributed by atoms with Crippen LogP contribution in [0.25, 0.3) is 0 Å². The van der Waals surface area contributed by atoms with Gasteiger partial charge in [0.1, 0.15) is 0 Å². The van der Waals surface area contributed by atoms with E-state index in [4.69, 9.17) is 10.5 Å². The first kappa shape index (κ1) is 12.5. The molecule has 0 heterocycles. The van der Waals surface area contributed by atoms with E-state index in [9.17, 15) is 4.79 Å². The van der Waals surface area contributed by atoms with Gasteiger partial charge in [-0.1, -0.05) is 12.1 Å². The van der Waals surface area contributed by atoms with Crippen LogP contribution in [0.5, 0.6) is 0 Å². The summed E-state index contributed by atoms with van der Waals surface area (Å²) in [4.78, 5) is 11.4. The first-order valence-corrected chi connectivity index (χ1v) is 5.32. The molecule has 0 fully saturated rings. The molecule has 1 aromatic carbocycles. The number of para-hydroxylation sites is 1. The fourth-order valence-electron chi connectivity index (χ4n) is 1.36. The van der Waals surface area contributed by atoms with Crippen molar-refractivity contribution in [3.05, 3.63) is 29.8 Å². The largest absolute Gasteiger partial charge is 0.465 e. The molecule has 0 spiro atoms. The summed E-state index contributed by atoms with van der Waals surface area (Å²) in [5, 5.41) is 3.18. The van der Waals surface area contributed by atoms with E-state index in [1.807, 2.05) is 25.1 Å². The van der Waals surface area contributed by atoms with Gasteiger partial charge < -0.3 is 15.8 Å². The molecule has 1 rings (SSSR count). The Kier molecular flexibility index (Phi) is 4.79. The van der Waals surface area contributed by atoms with Crippen LogP contribution in [0.1, 0.15) is 23.7 Å². The molecular formula is C12H18N2O2. The predicted molar refractivity (Wildman–Crippen MR) is 64.5 cm³/mol. The summed E-state index contributed by atoms with van der Waals surface area (Å²) in [6, 6.07) is 7.43. The van der Waals surface area contributed by atoms with Crippen LogP contribution < -0.4 is 11.1 Å². The molecule has 3 N–H and O–H groups in total. The van der Waals surface area contributed by atoms with Gasteiger partial charge in [-0.2, -0.15) is 0 Å². The Morgan fingerprint density at radius 2 is 2.19 bits per heavy atom. The SMILES string of the molecule is COC(=O)c1ccccc1NCCC(C)N. The summed E-state index contributed by atoms with van der Waals surface area (Å²) >= 11 is 0. The topological polar surface area (TPSA) is 64.3 Å². The molecule has 0 saturated carbocycles. The normalized spacial score (nSPS) is 11.9. The van der Waals surface area contributed by atoms with Crippen LogP contribution in [0.4, 0.5) is 5.69 Å². The van der Waals surface area contributed by atoms with Crippen molar-refractivity contribution in [1.29, 1.82) is 0 Å². The van der Waals surface area contributed by atoms with Gasteiger partial charge in [-0.05, 0) is 25.5 Å². The fourth-order valence-corrected chi connectivity index (χ4v) is 1.36. The maximum atomic E-state index is 11.4. The van der Waals surface area contributed by atoms with Gasteiger partial charge in [-0.3, -0.25) is 0 Å². The average molecular weight is 222 g/mol. The first-order chi connectivity index (χ1) is 7.65. The molecule has 88 valence electrons. The van der Waals surface area contributed by atoms with Gasteiger partial charge in [-0.15, -0.1) is 0 Å². The highest BCUT2D eigenvalue weighted by Gasteiger charge is 2.10. The molecule has 0 aliphatic heterocycles. The summed E-state index contributed by atoms with van der Waals surface area (Å²) in [6.07, 6.45) is 0.857. The molecule has 0 bridgehead atoms. The third kappa shape index (κ3) is 3.55. The molecule has 4 nitrogen and oxygen atoms in total. The molecule has 0 radical (unpaired) electrons. The van der Waals surface area contributed by atoms with Gasteiger partial charge in [0.15, 0.2) is 0 Å². The molecule has 0 saturated heterocycles. The second kappa shape index (κ2) is 6.12. The Balaban J connectivity index is 2.67. The molecule has 4 heteroatoms. The van der Waals surface area contributed by atoms with Crippen LogP contribution in [0.2, 0.25) is 0 Å². The van der Waals surface area contributed by atoms with Crippen molar-refractivity contribution < 1.29 is 9.53 Å². The highest BCUT2D eigenvalue weighted by atomic mass is 16.5. The van der Waals surface area contributed by atoms with E-state index < -0.39 is 0 Å². The second-order valence-corrected chi connectivity index (χ2v) is 3.73. The lowest BCUT2D eigenvalue weighted by Crippen LogP contribution is -2.19. The van der Waals surface area contributed by atoms with Gasteiger partial charge in [0, 0.05) is 18.3 Å². The lowest BCUT2D eigenvalue weighted by Gasteiger charge is -2.11. The summed E-state index contributed by atoms with van der Waals surface area (Å²) in [7, 11) is 1.38. The Morgan fingerprint density at radius 1 is 1.50 bits per heavy atom. The highest BCUT2D eigenvalue weighted by Crippen LogP contribution is 2.15. The first-order valence-electron chi connectivity index (χ1n) is 5.32. The number of nitrogens with two attached hydrogens (primary N) is 1. The van der Waals surface area contributed by atoms with Crippen LogP contribution in [0.15, 0.2) is 24.3 Å². The minimum Gasteiger partial charge on any atom is -0.465 e. The van der Waals surface area contributed by atoms with Gasteiger partial charge in [0.2, 0.25) is 0 Å². The number of hydrogen-bond donors (Lipinski definition) is 2. The Bertz CT molecular complexity index is 351. The lowest BCUT2D eigenvalue weighted by molar-refractivity contribution is 0.0602. The van der Waals surface area contributed by atoms with Crippen molar-refractivity contribution in [2.75, 3.05) is 19.0 Å². The highest BCUT2D eigenvalue weighted by molar-refractivity contribution is 5.95. The fraction of sp³-hybridized carbons (Fsp3) is 0.417. The number of carbonyl (C=O) groups is 1. The predicted octanol–water partition coefficient (Wildman–Crippen LogP) is 1.62. The van der Waals surface area contributed by atoms with E-state index in [1.165, 1.54) is 7.11 Å². The maximum Gasteiger partial charge on any atom is 0.339 e. The molecular weight excluding hydrogens is 204 g/mol. The number of methoxy groups -OCH3 is 1. The molecule has 1 atom stereocenters. The smallest absolute Gasteiger partial charge is 0.339 e. The zero-order valence-electron chi connectivity index (χ0n) is 9.69. The zero-order valence-corrected chi connectivity index (χ0v) is 9.69. The Morgan fingerprint density at radius 3 is 2.81 bits per heavy atom. The summed E-state index contributed by atoms with van der Waals surface area (Å²) in [5.74, 6) is -0.330. The molecule has 0 aliphatic carbocycles. The van der Waals surface area contributed by atoms with Crippen LogP contribution in [0, 0.1) is 0 Å². The number of carbonyl (C=O) groups excluding carboxylic acids is 1. The van der Waals surface area contributed by atoms with E-state index >= 15 is 0 Å². The number of rotatable bonds is 5. The number of esters is 1. The van der Waals surface area contributed by atoms with Gasteiger partial charge in [0.05, 0.1) is 12.7 Å². The van der Waals surface area contributed by atoms with Crippen molar-refractivity contribution in [2.45, 2.75) is 19.4 Å². The lowest BCUT2D eigenvalue weighted by atomic mass is 10.1. The summed E-state index contributed by atoms with van der Waals surface area (Å²) < 4.78 is 4.70. The van der Waals surface area contributed by atoms with Crippen LogP contribution in [-0.4, -0.2) is 25.7 Å². The third-order valence-electron chi connectivity index (χ3n) is 2.25. The van der Waals surface area contributed by atoms with Crippen LogP contribution >= 0.6 is 0 Å². The standard InChI is InChI=1S/C12H18N2O2/c1-9(13)7-8-14-11-6-4-3-5-10(11)12(15)16-2/h3-6,9,14H,7-8,13H2,1-2H3. The Labute approximate surface area is 95.8 Å². The number of hydrogen-bond acceptors (Lipinski definition) is 4.